The van der Waals surface area contributed by atoms with Gasteiger partial charge in [-0.15, -0.1) is 0 Å². The lowest BCUT2D eigenvalue weighted by atomic mass is 10.2. The molecule has 0 fully saturated rings. The maximum Gasteiger partial charge on any atom is 0.335 e. The zero-order valence-electron chi connectivity index (χ0n) is 12.4. The van der Waals surface area contributed by atoms with Crippen LogP contribution in [0.15, 0.2) is 12.1 Å². The molecule has 0 aliphatic rings. The number of hydrogen-bond donors (Lipinski definition) is 1. The molecular formula is C14H20O7. The second kappa shape index (κ2) is 9.04. The maximum atomic E-state index is 11.0. The summed E-state index contributed by atoms with van der Waals surface area (Å²) in [5.41, 5.74) is 0.0624. The Morgan fingerprint density at radius 2 is 1.57 bits per heavy atom. The second-order valence-corrected chi connectivity index (χ2v) is 3.97. The molecule has 0 aliphatic heterocycles. The van der Waals surface area contributed by atoms with E-state index in [4.69, 9.17) is 28.8 Å². The molecule has 1 aromatic carbocycles. The van der Waals surface area contributed by atoms with E-state index in [1.54, 1.807) is 7.11 Å². The van der Waals surface area contributed by atoms with E-state index in [1.807, 2.05) is 0 Å². The van der Waals surface area contributed by atoms with Crippen molar-refractivity contribution in [3.63, 3.8) is 0 Å². The van der Waals surface area contributed by atoms with Gasteiger partial charge in [0, 0.05) is 7.11 Å². The predicted molar refractivity (Wildman–Crippen MR) is 74.7 cm³/mol. The molecule has 7 heteroatoms. The number of methoxy groups -OCH3 is 3. The van der Waals surface area contributed by atoms with Gasteiger partial charge in [-0.05, 0) is 12.1 Å². The van der Waals surface area contributed by atoms with Crippen LogP contribution >= 0.6 is 0 Å². The van der Waals surface area contributed by atoms with Crippen LogP contribution in [0.1, 0.15) is 10.4 Å². The van der Waals surface area contributed by atoms with Crippen LogP contribution in [0, 0.1) is 0 Å². The Labute approximate surface area is 123 Å². The average Bonchev–Trinajstić information content (AvgIpc) is 2.49. The number of rotatable bonds is 10. The van der Waals surface area contributed by atoms with Gasteiger partial charge in [0.15, 0.2) is 11.5 Å². The highest BCUT2D eigenvalue weighted by atomic mass is 16.6. The molecule has 1 N–H and O–H groups in total. The normalized spacial score (nSPS) is 10.2. The number of hydrogen-bond acceptors (Lipinski definition) is 6. The molecule has 0 saturated carbocycles. The molecule has 21 heavy (non-hydrogen) atoms. The molecule has 0 atom stereocenters. The standard InChI is InChI=1S/C14H20O7/c1-17-4-5-20-6-7-21-13-11(18-2)8-10(14(15)16)9-12(13)19-3/h8-9H,4-7H2,1-3H3,(H,15,16). The molecule has 0 spiro atoms. The Kier molecular flexibility index (Phi) is 7.34. The molecule has 118 valence electrons. The Morgan fingerprint density at radius 3 is 2.05 bits per heavy atom. The molecule has 0 saturated heterocycles. The van der Waals surface area contributed by atoms with Gasteiger partial charge in [-0.2, -0.15) is 0 Å². The highest BCUT2D eigenvalue weighted by Gasteiger charge is 2.17. The van der Waals surface area contributed by atoms with Crippen molar-refractivity contribution in [2.24, 2.45) is 0 Å². The number of carbonyl (C=O) groups is 1. The van der Waals surface area contributed by atoms with Gasteiger partial charge in [-0.1, -0.05) is 0 Å². The summed E-state index contributed by atoms with van der Waals surface area (Å²) in [6.07, 6.45) is 0. The van der Waals surface area contributed by atoms with Crippen LogP contribution in [0.4, 0.5) is 0 Å². The number of carboxylic acids is 1. The SMILES string of the molecule is COCCOCCOc1c(OC)cc(C(=O)O)cc1OC. The minimum absolute atomic E-state index is 0.0624. The number of ether oxygens (including phenoxy) is 5. The molecular weight excluding hydrogens is 280 g/mol. The molecule has 1 aromatic rings. The van der Waals surface area contributed by atoms with Gasteiger partial charge >= 0.3 is 5.97 Å². The Bertz CT molecular complexity index is 434. The van der Waals surface area contributed by atoms with Crippen molar-refractivity contribution < 1.29 is 33.6 Å². The average molecular weight is 300 g/mol. The first-order valence-electron chi connectivity index (χ1n) is 6.32. The van der Waals surface area contributed by atoms with Gasteiger partial charge in [0.2, 0.25) is 5.75 Å². The van der Waals surface area contributed by atoms with Gasteiger partial charge < -0.3 is 28.8 Å². The zero-order chi connectivity index (χ0) is 15.7. The largest absolute Gasteiger partial charge is 0.493 e. The molecule has 0 radical (unpaired) electrons. The van der Waals surface area contributed by atoms with E-state index in [0.717, 1.165) is 0 Å². The molecule has 0 amide bonds. The van der Waals surface area contributed by atoms with Crippen LogP contribution in [0.5, 0.6) is 17.2 Å². The lowest BCUT2D eigenvalue weighted by Gasteiger charge is -2.15. The summed E-state index contributed by atoms with van der Waals surface area (Å²) in [6, 6.07) is 2.76. The third-order valence-corrected chi connectivity index (χ3v) is 2.61. The van der Waals surface area contributed by atoms with Crippen LogP contribution in [0.25, 0.3) is 0 Å². The topological polar surface area (TPSA) is 83.5 Å². The summed E-state index contributed by atoms with van der Waals surface area (Å²) in [7, 11) is 4.46. The maximum absolute atomic E-state index is 11.0. The minimum Gasteiger partial charge on any atom is -0.493 e. The van der Waals surface area contributed by atoms with Crippen molar-refractivity contribution in [1.29, 1.82) is 0 Å². The summed E-state index contributed by atoms with van der Waals surface area (Å²) >= 11 is 0. The Hall–Kier alpha value is -1.99. The summed E-state index contributed by atoms with van der Waals surface area (Å²) in [5, 5.41) is 9.03. The fourth-order valence-electron chi connectivity index (χ4n) is 1.59. The lowest BCUT2D eigenvalue weighted by Crippen LogP contribution is -2.11. The van der Waals surface area contributed by atoms with Crippen LogP contribution < -0.4 is 14.2 Å². The second-order valence-electron chi connectivity index (χ2n) is 3.97. The summed E-state index contributed by atoms with van der Waals surface area (Å²) < 4.78 is 26.0. The first-order chi connectivity index (χ1) is 10.1. The van der Waals surface area contributed by atoms with Crippen molar-refractivity contribution in [3.8, 4) is 17.2 Å². The molecule has 1 rings (SSSR count). The van der Waals surface area contributed by atoms with Crippen molar-refractivity contribution in [2.75, 3.05) is 47.8 Å². The number of aromatic carboxylic acids is 1. The van der Waals surface area contributed by atoms with Gasteiger partial charge in [-0.25, -0.2) is 4.79 Å². The highest BCUT2D eigenvalue weighted by Crippen LogP contribution is 2.38. The summed E-state index contributed by atoms with van der Waals surface area (Å²) in [5.74, 6) is -0.131. The minimum atomic E-state index is -1.07. The molecule has 0 unspecified atom stereocenters. The molecule has 0 aliphatic carbocycles. The van der Waals surface area contributed by atoms with Crippen molar-refractivity contribution in [2.45, 2.75) is 0 Å². The van der Waals surface area contributed by atoms with E-state index < -0.39 is 5.97 Å². The van der Waals surface area contributed by atoms with Gasteiger partial charge in [0.1, 0.15) is 6.61 Å². The summed E-state index contributed by atoms with van der Waals surface area (Å²) in [6.45, 7) is 1.64. The van der Waals surface area contributed by atoms with E-state index in [9.17, 15) is 4.79 Å². The molecule has 0 bridgehead atoms. The quantitative estimate of drug-likeness (QED) is 0.655. The third kappa shape index (κ3) is 5.13. The molecule has 7 nitrogen and oxygen atoms in total. The fraction of sp³-hybridized carbons (Fsp3) is 0.500. The first-order valence-corrected chi connectivity index (χ1v) is 6.32. The van der Waals surface area contributed by atoms with E-state index in [0.29, 0.717) is 37.1 Å². The van der Waals surface area contributed by atoms with E-state index >= 15 is 0 Å². The van der Waals surface area contributed by atoms with Crippen molar-refractivity contribution in [1.82, 2.24) is 0 Å². The lowest BCUT2D eigenvalue weighted by molar-refractivity contribution is 0.0535. The Balaban J connectivity index is 2.73. The zero-order valence-corrected chi connectivity index (χ0v) is 12.4. The Morgan fingerprint density at radius 1 is 1.00 bits per heavy atom. The summed E-state index contributed by atoms with van der Waals surface area (Å²) in [4.78, 5) is 11.0. The van der Waals surface area contributed by atoms with Gasteiger partial charge in [0.25, 0.3) is 0 Å². The number of carboxylic acid groups (broad SMARTS) is 1. The van der Waals surface area contributed by atoms with Gasteiger partial charge in [0.05, 0.1) is 39.6 Å². The monoisotopic (exact) mass is 300 g/mol. The smallest absolute Gasteiger partial charge is 0.335 e. The third-order valence-electron chi connectivity index (χ3n) is 2.61. The van der Waals surface area contributed by atoms with Gasteiger partial charge in [-0.3, -0.25) is 0 Å². The van der Waals surface area contributed by atoms with Crippen molar-refractivity contribution in [3.05, 3.63) is 17.7 Å². The molecule has 0 heterocycles. The van der Waals surface area contributed by atoms with Crippen LogP contribution in [-0.4, -0.2) is 58.8 Å². The van der Waals surface area contributed by atoms with Crippen LogP contribution in [0.3, 0.4) is 0 Å². The van der Waals surface area contributed by atoms with Crippen LogP contribution in [-0.2, 0) is 9.47 Å². The molecule has 0 aromatic heterocycles. The van der Waals surface area contributed by atoms with E-state index in [2.05, 4.69) is 0 Å². The fourth-order valence-corrected chi connectivity index (χ4v) is 1.59. The predicted octanol–water partition coefficient (Wildman–Crippen LogP) is 1.44. The van der Waals surface area contributed by atoms with Crippen molar-refractivity contribution >= 4 is 5.97 Å². The van der Waals surface area contributed by atoms with Crippen LogP contribution in [0.2, 0.25) is 0 Å². The number of benzene rings is 1. The first kappa shape index (κ1) is 17.1. The van der Waals surface area contributed by atoms with E-state index in [1.165, 1.54) is 26.4 Å². The van der Waals surface area contributed by atoms with E-state index in [-0.39, 0.29) is 12.2 Å². The highest BCUT2D eigenvalue weighted by molar-refractivity contribution is 5.89.